The molecule has 0 spiro atoms. The molecule has 6 nitrogen and oxygen atoms in total. The molecule has 3 aromatic rings. The maximum Gasteiger partial charge on any atom is 0.356 e. The van der Waals surface area contributed by atoms with Crippen LogP contribution in [-0.2, 0) is 19.1 Å². The Balaban J connectivity index is 1.77. The van der Waals surface area contributed by atoms with Crippen LogP contribution in [0.2, 0.25) is 0 Å². The summed E-state index contributed by atoms with van der Waals surface area (Å²) in [6, 6.07) is 16.7. The summed E-state index contributed by atoms with van der Waals surface area (Å²) in [5, 5.41) is 3.86. The van der Waals surface area contributed by atoms with Gasteiger partial charge in [0, 0.05) is 11.1 Å². The summed E-state index contributed by atoms with van der Waals surface area (Å²) in [6.07, 6.45) is -0.966. The van der Waals surface area contributed by atoms with Crippen molar-refractivity contribution in [2.75, 3.05) is 11.9 Å². The molecule has 0 fully saturated rings. The lowest BCUT2D eigenvalue weighted by Gasteiger charge is -2.11. The molecule has 0 saturated carbocycles. The minimum atomic E-state index is -0.966. The molecule has 142 valence electrons. The molecule has 0 radical (unpaired) electrons. The Kier molecular flexibility index (Phi) is 4.61. The number of esters is 2. The minimum Gasteiger partial charge on any atom is -0.462 e. The van der Waals surface area contributed by atoms with Crippen molar-refractivity contribution in [1.82, 2.24) is 0 Å². The van der Waals surface area contributed by atoms with Crippen molar-refractivity contribution in [3.05, 3.63) is 77.2 Å². The molecule has 2 aromatic carbocycles. The smallest absolute Gasteiger partial charge is 0.356 e. The number of nitrogens with one attached hydrogen (secondary N) is 1. The number of ether oxygens (including phenoxy) is 2. The van der Waals surface area contributed by atoms with E-state index in [9.17, 15) is 9.59 Å². The van der Waals surface area contributed by atoms with E-state index in [4.69, 9.17) is 13.9 Å². The highest BCUT2D eigenvalue weighted by Crippen LogP contribution is 2.38. The van der Waals surface area contributed by atoms with Crippen molar-refractivity contribution in [3.63, 3.8) is 0 Å². The van der Waals surface area contributed by atoms with Crippen LogP contribution in [0.4, 0.5) is 5.69 Å². The Morgan fingerprint density at radius 3 is 2.61 bits per heavy atom. The second kappa shape index (κ2) is 7.23. The number of carbonyl (C=O) groups is 2. The van der Waals surface area contributed by atoms with Crippen LogP contribution in [0.5, 0.6) is 0 Å². The lowest BCUT2D eigenvalue weighted by atomic mass is 10.1. The number of aryl methyl sites for hydroxylation is 1. The van der Waals surface area contributed by atoms with E-state index in [-0.39, 0.29) is 17.9 Å². The molecule has 1 aliphatic rings. The summed E-state index contributed by atoms with van der Waals surface area (Å²) >= 11 is 0. The van der Waals surface area contributed by atoms with Crippen LogP contribution in [0.15, 0.2) is 70.3 Å². The number of fused-ring (bicyclic) bond motifs is 1. The average Bonchev–Trinajstić information content (AvgIpc) is 3.25. The number of para-hydroxylation sites is 1. The van der Waals surface area contributed by atoms with Gasteiger partial charge in [-0.25, -0.2) is 9.59 Å². The van der Waals surface area contributed by atoms with Gasteiger partial charge in [0.2, 0.25) is 0 Å². The number of benzene rings is 2. The normalized spacial score (nSPS) is 16.4. The Morgan fingerprint density at radius 2 is 1.89 bits per heavy atom. The Bertz CT molecular complexity index is 1040. The zero-order valence-electron chi connectivity index (χ0n) is 15.5. The summed E-state index contributed by atoms with van der Waals surface area (Å²) in [4.78, 5) is 25.2. The van der Waals surface area contributed by atoms with Crippen LogP contribution in [0, 0.1) is 6.92 Å². The number of rotatable bonds is 5. The van der Waals surface area contributed by atoms with Crippen molar-refractivity contribution in [1.29, 1.82) is 0 Å². The molecule has 0 aliphatic carbocycles. The average molecular weight is 377 g/mol. The molecule has 6 heteroatoms. The maximum absolute atomic E-state index is 12.7. The van der Waals surface area contributed by atoms with Crippen molar-refractivity contribution in [2.24, 2.45) is 0 Å². The number of hydrogen-bond acceptors (Lipinski definition) is 6. The first-order valence-corrected chi connectivity index (χ1v) is 9.01. The highest BCUT2D eigenvalue weighted by Gasteiger charge is 2.42. The molecule has 2 heterocycles. The van der Waals surface area contributed by atoms with Gasteiger partial charge < -0.3 is 19.2 Å². The van der Waals surface area contributed by atoms with Gasteiger partial charge in [-0.15, -0.1) is 0 Å². The van der Waals surface area contributed by atoms with Gasteiger partial charge in [-0.1, -0.05) is 35.9 Å². The van der Waals surface area contributed by atoms with Crippen LogP contribution < -0.4 is 5.32 Å². The summed E-state index contributed by atoms with van der Waals surface area (Å²) in [5.41, 5.74) is 2.57. The predicted octanol–water partition coefficient (Wildman–Crippen LogP) is 4.27. The fraction of sp³-hybridized carbons (Fsp3) is 0.182. The third-order valence-corrected chi connectivity index (χ3v) is 4.48. The van der Waals surface area contributed by atoms with E-state index in [1.807, 2.05) is 55.5 Å². The number of cyclic esters (lactones) is 1. The lowest BCUT2D eigenvalue weighted by Crippen LogP contribution is -2.15. The highest BCUT2D eigenvalue weighted by molar-refractivity contribution is 6.06. The predicted molar refractivity (Wildman–Crippen MR) is 104 cm³/mol. The van der Waals surface area contributed by atoms with Crippen LogP contribution >= 0.6 is 0 Å². The SMILES string of the molecule is CCOC(=O)C1=C(Nc2ccc(C)cc2)C(=O)OC1c1cc2ccccc2o1. The molecule has 4 rings (SSSR count). The van der Waals surface area contributed by atoms with Crippen molar-refractivity contribution in [2.45, 2.75) is 20.0 Å². The van der Waals surface area contributed by atoms with E-state index in [0.29, 0.717) is 17.0 Å². The second-order valence-corrected chi connectivity index (χ2v) is 6.47. The molecule has 1 unspecified atom stereocenters. The zero-order valence-corrected chi connectivity index (χ0v) is 15.5. The van der Waals surface area contributed by atoms with E-state index in [0.717, 1.165) is 10.9 Å². The molecule has 1 N–H and O–H groups in total. The Hall–Kier alpha value is -3.54. The second-order valence-electron chi connectivity index (χ2n) is 6.47. The summed E-state index contributed by atoms with van der Waals surface area (Å²) in [5.74, 6) is -0.874. The van der Waals surface area contributed by atoms with Crippen molar-refractivity contribution in [3.8, 4) is 0 Å². The maximum atomic E-state index is 12.7. The molecule has 1 aliphatic heterocycles. The molecular weight excluding hydrogens is 358 g/mol. The summed E-state index contributed by atoms with van der Waals surface area (Å²) in [7, 11) is 0. The Morgan fingerprint density at radius 1 is 1.14 bits per heavy atom. The standard InChI is InChI=1S/C22H19NO5/c1-3-26-21(24)18-19(23-15-10-8-13(2)9-11-15)22(25)28-20(18)17-12-14-6-4-5-7-16(14)27-17/h4-12,20,23H,3H2,1-2H3. The zero-order chi connectivity index (χ0) is 19.7. The third kappa shape index (κ3) is 3.24. The number of anilines is 1. The largest absolute Gasteiger partial charge is 0.462 e. The van der Waals surface area contributed by atoms with E-state index in [2.05, 4.69) is 5.32 Å². The molecule has 0 saturated heterocycles. The summed E-state index contributed by atoms with van der Waals surface area (Å²) in [6.45, 7) is 3.86. The molecular formula is C22H19NO5. The monoisotopic (exact) mass is 377 g/mol. The van der Waals surface area contributed by atoms with E-state index >= 15 is 0 Å². The van der Waals surface area contributed by atoms with Gasteiger partial charge in [0.25, 0.3) is 0 Å². The number of furan rings is 1. The number of carbonyl (C=O) groups excluding carboxylic acids is 2. The van der Waals surface area contributed by atoms with Gasteiger partial charge in [0.15, 0.2) is 11.9 Å². The van der Waals surface area contributed by atoms with Gasteiger partial charge in [-0.2, -0.15) is 0 Å². The lowest BCUT2D eigenvalue weighted by molar-refractivity contribution is -0.142. The van der Waals surface area contributed by atoms with Gasteiger partial charge in [0.05, 0.1) is 6.61 Å². The highest BCUT2D eigenvalue weighted by atomic mass is 16.6. The topological polar surface area (TPSA) is 77.8 Å². The third-order valence-electron chi connectivity index (χ3n) is 4.48. The molecule has 0 amide bonds. The Labute approximate surface area is 161 Å². The first-order chi connectivity index (χ1) is 13.6. The van der Waals surface area contributed by atoms with Crippen LogP contribution in [0.1, 0.15) is 24.4 Å². The van der Waals surface area contributed by atoms with E-state index < -0.39 is 18.0 Å². The number of hydrogen-bond donors (Lipinski definition) is 1. The van der Waals surface area contributed by atoms with Crippen LogP contribution in [0.25, 0.3) is 11.0 Å². The molecule has 1 aromatic heterocycles. The first kappa shape index (κ1) is 17.9. The van der Waals surface area contributed by atoms with Gasteiger partial charge in [0.1, 0.15) is 16.9 Å². The van der Waals surface area contributed by atoms with E-state index in [1.54, 1.807) is 13.0 Å². The van der Waals surface area contributed by atoms with Crippen molar-refractivity contribution < 1.29 is 23.5 Å². The van der Waals surface area contributed by atoms with E-state index in [1.165, 1.54) is 0 Å². The molecule has 28 heavy (non-hydrogen) atoms. The fourth-order valence-electron chi connectivity index (χ4n) is 3.12. The van der Waals surface area contributed by atoms with Gasteiger partial charge in [-0.3, -0.25) is 0 Å². The fourth-order valence-corrected chi connectivity index (χ4v) is 3.12. The van der Waals surface area contributed by atoms with Gasteiger partial charge >= 0.3 is 11.9 Å². The minimum absolute atomic E-state index is 0.0627. The van der Waals surface area contributed by atoms with Crippen molar-refractivity contribution >= 4 is 28.6 Å². The van der Waals surface area contributed by atoms with Crippen LogP contribution in [0.3, 0.4) is 0 Å². The quantitative estimate of drug-likeness (QED) is 0.669. The summed E-state index contributed by atoms with van der Waals surface area (Å²) < 4.78 is 16.5. The van der Waals surface area contributed by atoms with Gasteiger partial charge in [-0.05, 0) is 38.1 Å². The molecule has 1 atom stereocenters. The van der Waals surface area contributed by atoms with Crippen LogP contribution in [-0.4, -0.2) is 18.5 Å². The molecule has 0 bridgehead atoms. The first-order valence-electron chi connectivity index (χ1n) is 9.01.